The smallest absolute Gasteiger partial charge is 0.312 e. The van der Waals surface area contributed by atoms with Crippen molar-refractivity contribution < 1.29 is 9.90 Å². The molecule has 0 aliphatic heterocycles. The third kappa shape index (κ3) is 2.88. The van der Waals surface area contributed by atoms with Crippen LogP contribution in [0.15, 0.2) is 23.8 Å². The van der Waals surface area contributed by atoms with Gasteiger partial charge in [-0.25, -0.2) is 0 Å². The Morgan fingerprint density at radius 3 is 2.42 bits per heavy atom. The highest BCUT2D eigenvalue weighted by Crippen LogP contribution is 2.11. The van der Waals surface area contributed by atoms with Gasteiger partial charge in [-0.05, 0) is 19.4 Å². The first-order chi connectivity index (χ1) is 5.67. The summed E-state index contributed by atoms with van der Waals surface area (Å²) in [6, 6.07) is 0. The zero-order chi connectivity index (χ0) is 9.56. The largest absolute Gasteiger partial charge is 0.481 e. The fraction of sp³-hybridized carbons (Fsp3) is 0.444. The van der Waals surface area contributed by atoms with Crippen molar-refractivity contribution in [2.45, 2.75) is 13.8 Å². The van der Waals surface area contributed by atoms with Crippen molar-refractivity contribution in [3.05, 3.63) is 23.8 Å². The van der Waals surface area contributed by atoms with E-state index in [0.29, 0.717) is 0 Å². The van der Waals surface area contributed by atoms with Crippen LogP contribution in [0.5, 0.6) is 0 Å². The van der Waals surface area contributed by atoms with Crippen molar-refractivity contribution in [3.8, 4) is 0 Å². The van der Waals surface area contributed by atoms with Crippen molar-refractivity contribution >= 4 is 5.97 Å². The van der Waals surface area contributed by atoms with E-state index in [2.05, 4.69) is 0 Å². The van der Waals surface area contributed by atoms with Crippen LogP contribution in [-0.4, -0.2) is 17.6 Å². The molecule has 0 spiro atoms. The third-order valence-electron chi connectivity index (χ3n) is 1.63. The van der Waals surface area contributed by atoms with Crippen LogP contribution in [0.1, 0.15) is 13.8 Å². The van der Waals surface area contributed by atoms with E-state index >= 15 is 0 Å². The summed E-state index contributed by atoms with van der Waals surface area (Å²) in [4.78, 5) is 10.7. The van der Waals surface area contributed by atoms with E-state index < -0.39 is 11.9 Å². The second kappa shape index (κ2) is 5.55. The molecule has 3 heteroatoms. The molecule has 0 bridgehead atoms. The molecule has 0 aromatic heterocycles. The molecule has 3 nitrogen and oxygen atoms in total. The van der Waals surface area contributed by atoms with E-state index in [0.717, 1.165) is 5.57 Å². The van der Waals surface area contributed by atoms with Gasteiger partial charge >= 0.3 is 5.97 Å². The molecule has 1 atom stereocenters. The van der Waals surface area contributed by atoms with Crippen LogP contribution < -0.4 is 5.73 Å². The molecule has 3 N–H and O–H groups in total. The Hall–Kier alpha value is -1.09. The summed E-state index contributed by atoms with van der Waals surface area (Å²) < 4.78 is 0. The van der Waals surface area contributed by atoms with Crippen LogP contribution in [0.4, 0.5) is 0 Å². The molecule has 0 aromatic carbocycles. The van der Waals surface area contributed by atoms with E-state index in [1.807, 2.05) is 6.92 Å². The van der Waals surface area contributed by atoms with Gasteiger partial charge in [-0.3, -0.25) is 4.79 Å². The highest BCUT2D eigenvalue weighted by atomic mass is 16.4. The highest BCUT2D eigenvalue weighted by Gasteiger charge is 2.17. The Morgan fingerprint density at radius 2 is 2.17 bits per heavy atom. The lowest BCUT2D eigenvalue weighted by Crippen LogP contribution is -2.24. The summed E-state index contributed by atoms with van der Waals surface area (Å²) in [5.41, 5.74) is 6.08. The number of hydrogen-bond acceptors (Lipinski definition) is 2. The minimum absolute atomic E-state index is 0.138. The van der Waals surface area contributed by atoms with Gasteiger partial charge in [0, 0.05) is 6.54 Å². The quantitative estimate of drug-likeness (QED) is 0.621. The topological polar surface area (TPSA) is 63.3 Å². The summed E-state index contributed by atoms with van der Waals surface area (Å²) in [5.74, 6) is -1.45. The van der Waals surface area contributed by atoms with Crippen LogP contribution >= 0.6 is 0 Å². The van der Waals surface area contributed by atoms with Gasteiger partial charge in [-0.15, -0.1) is 0 Å². The maximum absolute atomic E-state index is 10.7. The number of carboxylic acids is 1. The normalized spacial score (nSPS) is 15.1. The number of allylic oxidation sites excluding steroid dienone is 3. The van der Waals surface area contributed by atoms with Gasteiger partial charge in [0.25, 0.3) is 0 Å². The molecule has 0 saturated heterocycles. The van der Waals surface area contributed by atoms with Gasteiger partial charge in [0.1, 0.15) is 0 Å². The van der Waals surface area contributed by atoms with Gasteiger partial charge in [-0.2, -0.15) is 0 Å². The number of rotatable bonds is 4. The Bertz CT molecular complexity index is 207. The maximum atomic E-state index is 10.7. The molecular formula is C9H15NO2. The van der Waals surface area contributed by atoms with Crippen LogP contribution in [-0.2, 0) is 4.79 Å². The number of nitrogens with two attached hydrogens (primary N) is 1. The molecule has 0 saturated carbocycles. The minimum Gasteiger partial charge on any atom is -0.481 e. The molecule has 0 fully saturated rings. The first-order valence-corrected chi connectivity index (χ1v) is 3.89. The molecule has 12 heavy (non-hydrogen) atoms. The summed E-state index contributed by atoms with van der Waals surface area (Å²) in [5, 5.41) is 8.75. The third-order valence-corrected chi connectivity index (χ3v) is 1.63. The molecule has 0 rings (SSSR count). The van der Waals surface area contributed by atoms with Crippen LogP contribution in [0, 0.1) is 5.92 Å². The average Bonchev–Trinajstić information content (AvgIpc) is 2.03. The molecule has 68 valence electrons. The van der Waals surface area contributed by atoms with Gasteiger partial charge in [0.2, 0.25) is 0 Å². The molecule has 0 amide bonds. The summed E-state index contributed by atoms with van der Waals surface area (Å²) in [6.45, 7) is 3.79. The second-order valence-corrected chi connectivity index (χ2v) is 2.42. The van der Waals surface area contributed by atoms with E-state index in [4.69, 9.17) is 10.8 Å². The van der Waals surface area contributed by atoms with Crippen LogP contribution in [0.25, 0.3) is 0 Å². The molecular weight excluding hydrogens is 154 g/mol. The first-order valence-electron chi connectivity index (χ1n) is 3.89. The van der Waals surface area contributed by atoms with Gasteiger partial charge in [0.15, 0.2) is 0 Å². The van der Waals surface area contributed by atoms with E-state index in [-0.39, 0.29) is 6.54 Å². The first kappa shape index (κ1) is 10.9. The minimum atomic E-state index is -0.872. The molecule has 0 aliphatic rings. The van der Waals surface area contributed by atoms with Crippen molar-refractivity contribution in [3.63, 3.8) is 0 Å². The maximum Gasteiger partial charge on any atom is 0.312 e. The zero-order valence-electron chi connectivity index (χ0n) is 7.45. The molecule has 0 heterocycles. The standard InChI is InChI=1S/C9H15NO2/c1-3-5-7(4-2)8(6-10)9(11)12/h3-5,8H,6,10H2,1-2H3,(H,11,12)/b5-3-,7-4+. The fourth-order valence-corrected chi connectivity index (χ4v) is 0.985. The number of carboxylic acid groups (broad SMARTS) is 1. The second-order valence-electron chi connectivity index (χ2n) is 2.42. The zero-order valence-corrected chi connectivity index (χ0v) is 7.45. The SMILES string of the molecule is C/C=C\C(=C/C)C(CN)C(=O)O. The van der Waals surface area contributed by atoms with Crippen LogP contribution in [0.2, 0.25) is 0 Å². The Balaban J connectivity index is 4.57. The lowest BCUT2D eigenvalue weighted by Gasteiger charge is -2.09. The molecule has 1 unspecified atom stereocenters. The summed E-state index contributed by atoms with van der Waals surface area (Å²) >= 11 is 0. The van der Waals surface area contributed by atoms with Gasteiger partial charge in [0.05, 0.1) is 5.92 Å². The lowest BCUT2D eigenvalue weighted by atomic mass is 9.99. The van der Waals surface area contributed by atoms with Gasteiger partial charge < -0.3 is 10.8 Å². The van der Waals surface area contributed by atoms with Crippen LogP contribution in [0.3, 0.4) is 0 Å². The molecule has 0 aromatic rings. The number of aliphatic carboxylic acids is 1. The van der Waals surface area contributed by atoms with Crippen molar-refractivity contribution in [2.24, 2.45) is 11.7 Å². The number of hydrogen-bond donors (Lipinski definition) is 2. The fourth-order valence-electron chi connectivity index (χ4n) is 0.985. The van der Waals surface area contributed by atoms with Crippen molar-refractivity contribution in [1.82, 2.24) is 0 Å². The summed E-state index contributed by atoms with van der Waals surface area (Å²) in [6.07, 6.45) is 5.35. The lowest BCUT2D eigenvalue weighted by molar-refractivity contribution is -0.139. The predicted octanol–water partition coefficient (Wildman–Crippen LogP) is 1.17. The Morgan fingerprint density at radius 1 is 1.58 bits per heavy atom. The van der Waals surface area contributed by atoms with Crippen molar-refractivity contribution in [2.75, 3.05) is 6.54 Å². The highest BCUT2D eigenvalue weighted by molar-refractivity contribution is 5.74. The Labute approximate surface area is 72.6 Å². The Kier molecular flexibility index (Phi) is 5.04. The van der Waals surface area contributed by atoms with E-state index in [1.165, 1.54) is 0 Å². The van der Waals surface area contributed by atoms with Gasteiger partial charge in [-0.1, -0.05) is 18.2 Å². The number of carbonyl (C=O) groups is 1. The molecule has 0 radical (unpaired) electrons. The average molecular weight is 169 g/mol. The van der Waals surface area contributed by atoms with E-state index in [9.17, 15) is 4.79 Å². The van der Waals surface area contributed by atoms with E-state index in [1.54, 1.807) is 25.2 Å². The van der Waals surface area contributed by atoms with Crippen molar-refractivity contribution in [1.29, 1.82) is 0 Å². The predicted molar refractivity (Wildman–Crippen MR) is 48.8 cm³/mol. The monoisotopic (exact) mass is 169 g/mol. The summed E-state index contributed by atoms with van der Waals surface area (Å²) in [7, 11) is 0. The molecule has 0 aliphatic carbocycles.